The molecule has 0 fully saturated rings. The van der Waals surface area contributed by atoms with E-state index < -0.39 is 0 Å². The van der Waals surface area contributed by atoms with Gasteiger partial charge in [-0.3, -0.25) is 0 Å². The fourth-order valence-electron chi connectivity index (χ4n) is 1.93. The number of H-pyrrole nitrogens is 1. The average Bonchev–Trinajstić information content (AvgIpc) is 2.80. The summed E-state index contributed by atoms with van der Waals surface area (Å²) in [5.74, 6) is 1.34. The van der Waals surface area contributed by atoms with Crippen molar-refractivity contribution in [3.05, 3.63) is 22.4 Å². The predicted octanol–water partition coefficient (Wildman–Crippen LogP) is 1.34. The minimum Gasteiger partial charge on any atom is -0.381 e. The summed E-state index contributed by atoms with van der Waals surface area (Å²) in [5.41, 5.74) is 0.310. The maximum atomic E-state index is 11.5. The maximum Gasteiger partial charge on any atom is 0.349 e. The molecule has 20 heavy (non-hydrogen) atoms. The predicted molar refractivity (Wildman–Crippen MR) is 77.2 cm³/mol. The van der Waals surface area contributed by atoms with Crippen molar-refractivity contribution in [1.82, 2.24) is 19.6 Å². The van der Waals surface area contributed by atoms with Crippen molar-refractivity contribution in [2.75, 3.05) is 25.1 Å². The molecule has 0 aliphatic carbocycles. The zero-order valence-corrected chi connectivity index (χ0v) is 12.0. The average molecular weight is 279 g/mol. The first-order valence-corrected chi connectivity index (χ1v) is 6.98. The van der Waals surface area contributed by atoms with E-state index in [-0.39, 0.29) is 5.69 Å². The van der Waals surface area contributed by atoms with Crippen molar-refractivity contribution >= 4 is 11.5 Å². The Hall–Kier alpha value is -1.89. The lowest BCUT2D eigenvalue weighted by Crippen LogP contribution is -2.14. The smallest absolute Gasteiger partial charge is 0.349 e. The fraction of sp³-hybridized carbons (Fsp3) is 0.615. The molecule has 0 bridgehead atoms. The number of nitrogens with zero attached hydrogens (tertiary/aromatic N) is 3. The Morgan fingerprint density at radius 3 is 3.00 bits per heavy atom. The second-order valence-electron chi connectivity index (χ2n) is 4.66. The van der Waals surface area contributed by atoms with Crippen LogP contribution in [0.5, 0.6) is 0 Å². The number of aromatic nitrogens is 4. The van der Waals surface area contributed by atoms with Gasteiger partial charge in [-0.2, -0.15) is 5.10 Å². The summed E-state index contributed by atoms with van der Waals surface area (Å²) in [7, 11) is 0. The zero-order valence-electron chi connectivity index (χ0n) is 12.0. The third-order valence-electron chi connectivity index (χ3n) is 2.98. The molecular weight excluding hydrogens is 258 g/mol. The van der Waals surface area contributed by atoms with Crippen molar-refractivity contribution in [3.63, 3.8) is 0 Å². The Morgan fingerprint density at radius 2 is 2.20 bits per heavy atom. The summed E-state index contributed by atoms with van der Waals surface area (Å²) in [5, 5.41) is 9.57. The minimum absolute atomic E-state index is 0.263. The lowest BCUT2D eigenvalue weighted by atomic mass is 10.3. The number of aryl methyl sites for hydroxylation is 1. The van der Waals surface area contributed by atoms with Crippen LogP contribution < -0.4 is 11.0 Å². The van der Waals surface area contributed by atoms with E-state index in [1.54, 1.807) is 13.0 Å². The quantitative estimate of drug-likeness (QED) is 0.712. The molecule has 0 saturated carbocycles. The fourth-order valence-corrected chi connectivity index (χ4v) is 1.93. The van der Waals surface area contributed by atoms with Gasteiger partial charge in [0.1, 0.15) is 11.6 Å². The van der Waals surface area contributed by atoms with Crippen LogP contribution in [0.2, 0.25) is 0 Å². The molecule has 0 aromatic carbocycles. The van der Waals surface area contributed by atoms with Gasteiger partial charge in [-0.05, 0) is 19.8 Å². The van der Waals surface area contributed by atoms with Gasteiger partial charge in [0.25, 0.3) is 0 Å². The molecule has 0 aliphatic heterocycles. The molecule has 2 rings (SSSR count). The molecule has 0 radical (unpaired) electrons. The molecule has 0 unspecified atom stereocenters. The van der Waals surface area contributed by atoms with E-state index >= 15 is 0 Å². The highest BCUT2D eigenvalue weighted by molar-refractivity contribution is 5.49. The molecule has 0 atom stereocenters. The number of ether oxygens (including phenoxy) is 1. The van der Waals surface area contributed by atoms with Gasteiger partial charge >= 0.3 is 5.69 Å². The first-order chi connectivity index (χ1) is 9.72. The normalized spacial score (nSPS) is 11.1. The lowest BCUT2D eigenvalue weighted by molar-refractivity contribution is 0.131. The number of aromatic amines is 1. The number of unbranched alkanes of at least 4 members (excludes halogenated alkanes) is 1. The first-order valence-electron chi connectivity index (χ1n) is 6.98. The van der Waals surface area contributed by atoms with Crippen LogP contribution in [-0.4, -0.2) is 39.3 Å². The summed E-state index contributed by atoms with van der Waals surface area (Å²) < 4.78 is 6.93. The second kappa shape index (κ2) is 7.04. The van der Waals surface area contributed by atoms with E-state index in [2.05, 4.69) is 27.4 Å². The monoisotopic (exact) mass is 279 g/mol. The summed E-state index contributed by atoms with van der Waals surface area (Å²) in [6.07, 6.45) is 3.19. The summed E-state index contributed by atoms with van der Waals surface area (Å²) in [6.45, 7) is 6.29. The Bertz CT molecular complexity index is 604. The van der Waals surface area contributed by atoms with Crippen LogP contribution in [0, 0.1) is 6.92 Å². The van der Waals surface area contributed by atoms with Gasteiger partial charge in [-0.25, -0.2) is 19.3 Å². The van der Waals surface area contributed by atoms with Crippen LogP contribution in [0.1, 0.15) is 32.0 Å². The highest BCUT2D eigenvalue weighted by Crippen LogP contribution is 2.07. The van der Waals surface area contributed by atoms with Crippen molar-refractivity contribution in [2.45, 2.75) is 33.1 Å². The van der Waals surface area contributed by atoms with E-state index in [1.807, 2.05) is 0 Å². The van der Waals surface area contributed by atoms with Gasteiger partial charge in [-0.1, -0.05) is 13.3 Å². The van der Waals surface area contributed by atoms with E-state index in [0.717, 1.165) is 44.8 Å². The maximum absolute atomic E-state index is 11.5. The molecule has 110 valence electrons. The molecule has 7 nitrogen and oxygen atoms in total. The molecule has 2 heterocycles. The third-order valence-corrected chi connectivity index (χ3v) is 2.98. The first kappa shape index (κ1) is 14.5. The standard InChI is InChI=1S/C13H21N5O2/c1-3-4-7-20-8-5-6-14-11-9-12-16-17-13(19)18(12)10(2)15-11/h9,14H,3-8H2,1-2H3,(H,17,19). The Kier molecular flexibility index (Phi) is 5.11. The summed E-state index contributed by atoms with van der Waals surface area (Å²) in [4.78, 5) is 15.8. The third kappa shape index (κ3) is 3.57. The topological polar surface area (TPSA) is 84.3 Å². The molecule has 2 N–H and O–H groups in total. The molecule has 0 aliphatic rings. The number of nitrogens with one attached hydrogen (secondary N) is 2. The van der Waals surface area contributed by atoms with Crippen molar-refractivity contribution in [2.24, 2.45) is 0 Å². The number of anilines is 1. The molecule has 0 spiro atoms. The van der Waals surface area contributed by atoms with Crippen molar-refractivity contribution < 1.29 is 4.74 Å². The van der Waals surface area contributed by atoms with Gasteiger partial charge in [0.05, 0.1) is 0 Å². The molecule has 2 aromatic heterocycles. The number of hydrogen-bond acceptors (Lipinski definition) is 5. The van der Waals surface area contributed by atoms with E-state index in [4.69, 9.17) is 4.74 Å². The van der Waals surface area contributed by atoms with Crippen LogP contribution in [0.15, 0.2) is 10.9 Å². The lowest BCUT2D eigenvalue weighted by Gasteiger charge is -2.07. The summed E-state index contributed by atoms with van der Waals surface area (Å²) >= 11 is 0. The van der Waals surface area contributed by atoms with Crippen LogP contribution in [0.3, 0.4) is 0 Å². The van der Waals surface area contributed by atoms with Crippen LogP contribution in [0.4, 0.5) is 5.82 Å². The largest absolute Gasteiger partial charge is 0.381 e. The molecular formula is C13H21N5O2. The van der Waals surface area contributed by atoms with Gasteiger partial charge in [0, 0.05) is 25.8 Å². The van der Waals surface area contributed by atoms with E-state index in [9.17, 15) is 4.79 Å². The molecule has 7 heteroatoms. The number of fused-ring (bicyclic) bond motifs is 1. The zero-order chi connectivity index (χ0) is 14.4. The molecule has 0 saturated heterocycles. The Labute approximate surface area is 117 Å². The van der Waals surface area contributed by atoms with Gasteiger partial charge in [0.15, 0.2) is 5.65 Å². The van der Waals surface area contributed by atoms with E-state index in [0.29, 0.717) is 11.5 Å². The Balaban J connectivity index is 1.83. The Morgan fingerprint density at radius 1 is 1.40 bits per heavy atom. The van der Waals surface area contributed by atoms with Gasteiger partial charge in [0.2, 0.25) is 0 Å². The van der Waals surface area contributed by atoms with Crippen LogP contribution in [-0.2, 0) is 4.74 Å². The summed E-state index contributed by atoms with van der Waals surface area (Å²) in [6, 6.07) is 1.75. The number of hydrogen-bond donors (Lipinski definition) is 2. The van der Waals surface area contributed by atoms with Crippen LogP contribution >= 0.6 is 0 Å². The van der Waals surface area contributed by atoms with Crippen molar-refractivity contribution in [1.29, 1.82) is 0 Å². The van der Waals surface area contributed by atoms with Crippen molar-refractivity contribution in [3.8, 4) is 0 Å². The second-order valence-corrected chi connectivity index (χ2v) is 4.66. The SMILES string of the molecule is CCCCOCCCNc1cc2n[nH]c(=O)n2c(C)n1. The minimum atomic E-state index is -0.263. The molecule has 0 amide bonds. The van der Waals surface area contributed by atoms with Crippen LogP contribution in [0.25, 0.3) is 5.65 Å². The molecule has 2 aromatic rings. The number of rotatable bonds is 8. The van der Waals surface area contributed by atoms with E-state index in [1.165, 1.54) is 4.40 Å². The van der Waals surface area contributed by atoms with Gasteiger partial charge < -0.3 is 10.1 Å². The highest BCUT2D eigenvalue weighted by atomic mass is 16.5. The van der Waals surface area contributed by atoms with Gasteiger partial charge in [-0.15, -0.1) is 0 Å². The highest BCUT2D eigenvalue weighted by Gasteiger charge is 2.06.